The average molecular weight is 300 g/mol. The van der Waals surface area contributed by atoms with Crippen LogP contribution >= 0.6 is 0 Å². The molecular formula is C19H16N4. The third-order valence-electron chi connectivity index (χ3n) is 4.64. The summed E-state index contributed by atoms with van der Waals surface area (Å²) in [5.41, 5.74) is 6.63. The van der Waals surface area contributed by atoms with Crippen molar-refractivity contribution in [3.05, 3.63) is 60.7 Å². The van der Waals surface area contributed by atoms with Crippen LogP contribution in [0.4, 0.5) is 0 Å². The Bertz CT molecular complexity index is 1050. The van der Waals surface area contributed by atoms with E-state index in [9.17, 15) is 0 Å². The van der Waals surface area contributed by atoms with Gasteiger partial charge in [0.15, 0.2) is 0 Å². The zero-order chi connectivity index (χ0) is 15.4. The standard InChI is InChI=1S/C19H16N4/c1-2-12-10-21-23-8-7-14(9-18(12)23)16-11-20-19-15(16)5-6-17(22-19)13-3-4-13/h2,5-11,13H,1,3-4H2,(H,20,22). The van der Waals surface area contributed by atoms with Crippen LogP contribution in [0.2, 0.25) is 0 Å². The molecule has 0 atom stereocenters. The van der Waals surface area contributed by atoms with Gasteiger partial charge in [-0.1, -0.05) is 12.7 Å². The maximum absolute atomic E-state index is 4.78. The Morgan fingerprint density at radius 1 is 1.26 bits per heavy atom. The summed E-state index contributed by atoms with van der Waals surface area (Å²) in [6.07, 6.45) is 10.3. The molecule has 23 heavy (non-hydrogen) atoms. The molecule has 4 aromatic rings. The van der Waals surface area contributed by atoms with Gasteiger partial charge >= 0.3 is 0 Å². The summed E-state index contributed by atoms with van der Waals surface area (Å²) in [6.45, 7) is 3.86. The largest absolute Gasteiger partial charge is 0.346 e. The zero-order valence-corrected chi connectivity index (χ0v) is 12.7. The first-order chi connectivity index (χ1) is 11.3. The van der Waals surface area contributed by atoms with Gasteiger partial charge in [0.2, 0.25) is 0 Å². The summed E-state index contributed by atoms with van der Waals surface area (Å²) in [6, 6.07) is 8.60. The van der Waals surface area contributed by atoms with Gasteiger partial charge < -0.3 is 4.98 Å². The predicted molar refractivity (Wildman–Crippen MR) is 92.3 cm³/mol. The van der Waals surface area contributed by atoms with Gasteiger partial charge in [-0.25, -0.2) is 9.50 Å². The van der Waals surface area contributed by atoms with Crippen molar-refractivity contribution in [2.45, 2.75) is 18.8 Å². The van der Waals surface area contributed by atoms with Crippen molar-refractivity contribution >= 4 is 22.6 Å². The van der Waals surface area contributed by atoms with Crippen molar-refractivity contribution in [2.75, 3.05) is 0 Å². The van der Waals surface area contributed by atoms with Crippen LogP contribution in [-0.4, -0.2) is 19.6 Å². The second-order valence-electron chi connectivity index (χ2n) is 6.16. The van der Waals surface area contributed by atoms with Gasteiger partial charge in [-0.3, -0.25) is 0 Å². The molecule has 0 unspecified atom stereocenters. The first kappa shape index (κ1) is 12.6. The number of aromatic amines is 1. The van der Waals surface area contributed by atoms with E-state index in [1.807, 2.05) is 29.2 Å². The Morgan fingerprint density at radius 3 is 3.00 bits per heavy atom. The van der Waals surface area contributed by atoms with E-state index in [0.717, 1.165) is 22.3 Å². The van der Waals surface area contributed by atoms with Gasteiger partial charge in [0.05, 0.1) is 11.7 Å². The number of hydrogen-bond acceptors (Lipinski definition) is 2. The second kappa shape index (κ2) is 4.56. The predicted octanol–water partition coefficient (Wildman–Crippen LogP) is 4.40. The van der Waals surface area contributed by atoms with Gasteiger partial charge in [-0.15, -0.1) is 0 Å². The molecule has 0 aliphatic heterocycles. The molecule has 1 N–H and O–H groups in total. The van der Waals surface area contributed by atoms with Crippen LogP contribution in [0.15, 0.2) is 49.4 Å². The lowest BCUT2D eigenvalue weighted by Crippen LogP contribution is -1.88. The van der Waals surface area contributed by atoms with E-state index >= 15 is 0 Å². The average Bonchev–Trinajstić information content (AvgIpc) is 3.23. The molecule has 1 aliphatic rings. The molecule has 4 aromatic heterocycles. The normalized spacial score (nSPS) is 14.6. The molecule has 0 radical (unpaired) electrons. The number of H-pyrrole nitrogens is 1. The van der Waals surface area contributed by atoms with Crippen molar-refractivity contribution in [3.63, 3.8) is 0 Å². The number of fused-ring (bicyclic) bond motifs is 2. The third kappa shape index (κ3) is 1.91. The van der Waals surface area contributed by atoms with Gasteiger partial charge in [0.25, 0.3) is 0 Å². The Hall–Kier alpha value is -2.88. The van der Waals surface area contributed by atoms with Crippen molar-refractivity contribution in [2.24, 2.45) is 0 Å². The highest BCUT2D eigenvalue weighted by Gasteiger charge is 2.25. The summed E-state index contributed by atoms with van der Waals surface area (Å²) in [7, 11) is 0. The van der Waals surface area contributed by atoms with Crippen molar-refractivity contribution in [3.8, 4) is 11.1 Å². The van der Waals surface area contributed by atoms with Crippen LogP contribution in [0.3, 0.4) is 0 Å². The van der Waals surface area contributed by atoms with Crippen LogP contribution in [0, 0.1) is 0 Å². The van der Waals surface area contributed by atoms with E-state index in [0.29, 0.717) is 5.92 Å². The highest BCUT2D eigenvalue weighted by atomic mass is 15.2. The van der Waals surface area contributed by atoms with Crippen molar-refractivity contribution in [1.82, 2.24) is 19.6 Å². The van der Waals surface area contributed by atoms with E-state index in [1.54, 1.807) is 0 Å². The molecule has 4 nitrogen and oxygen atoms in total. The molecule has 0 spiro atoms. The van der Waals surface area contributed by atoms with Gasteiger partial charge in [-0.05, 0) is 42.7 Å². The van der Waals surface area contributed by atoms with E-state index in [-0.39, 0.29) is 0 Å². The molecule has 0 amide bonds. The minimum absolute atomic E-state index is 0.671. The Labute approximate surface area is 133 Å². The quantitative estimate of drug-likeness (QED) is 0.609. The molecule has 1 fully saturated rings. The summed E-state index contributed by atoms with van der Waals surface area (Å²) in [4.78, 5) is 8.11. The highest BCUT2D eigenvalue weighted by Crippen LogP contribution is 2.40. The fourth-order valence-electron chi connectivity index (χ4n) is 3.19. The SMILES string of the molecule is C=Cc1cnn2ccc(-c3c[nH]c4nc(C5CC5)ccc34)cc12. The minimum Gasteiger partial charge on any atom is -0.346 e. The lowest BCUT2D eigenvalue weighted by Gasteiger charge is -2.03. The van der Waals surface area contributed by atoms with E-state index < -0.39 is 0 Å². The smallest absolute Gasteiger partial charge is 0.138 e. The zero-order valence-electron chi connectivity index (χ0n) is 12.7. The van der Waals surface area contributed by atoms with Crippen molar-refractivity contribution in [1.29, 1.82) is 0 Å². The van der Waals surface area contributed by atoms with E-state index in [2.05, 4.69) is 40.9 Å². The molecule has 0 bridgehead atoms. The molecular weight excluding hydrogens is 284 g/mol. The number of rotatable bonds is 3. The first-order valence-corrected chi connectivity index (χ1v) is 7.92. The molecule has 112 valence electrons. The van der Waals surface area contributed by atoms with Crippen LogP contribution < -0.4 is 0 Å². The monoisotopic (exact) mass is 300 g/mol. The molecule has 1 saturated carbocycles. The molecule has 0 saturated heterocycles. The van der Waals surface area contributed by atoms with Crippen LogP contribution in [0.25, 0.3) is 33.8 Å². The maximum atomic E-state index is 4.78. The summed E-state index contributed by atoms with van der Waals surface area (Å²) >= 11 is 0. The summed E-state index contributed by atoms with van der Waals surface area (Å²) < 4.78 is 1.87. The van der Waals surface area contributed by atoms with Crippen LogP contribution in [-0.2, 0) is 0 Å². The highest BCUT2D eigenvalue weighted by molar-refractivity contribution is 5.94. The van der Waals surface area contributed by atoms with Crippen LogP contribution in [0.5, 0.6) is 0 Å². The fraction of sp³-hybridized carbons (Fsp3) is 0.158. The Morgan fingerprint density at radius 2 is 2.17 bits per heavy atom. The molecule has 0 aromatic carbocycles. The maximum Gasteiger partial charge on any atom is 0.138 e. The first-order valence-electron chi connectivity index (χ1n) is 7.92. The van der Waals surface area contributed by atoms with E-state index in [4.69, 9.17) is 4.98 Å². The number of nitrogens with zero attached hydrogens (tertiary/aromatic N) is 3. The molecule has 5 rings (SSSR count). The molecule has 4 heterocycles. The minimum atomic E-state index is 0.671. The van der Waals surface area contributed by atoms with Gasteiger partial charge in [0, 0.05) is 40.5 Å². The second-order valence-corrected chi connectivity index (χ2v) is 6.16. The lowest BCUT2D eigenvalue weighted by molar-refractivity contribution is 0.962. The summed E-state index contributed by atoms with van der Waals surface area (Å²) in [5, 5.41) is 5.50. The number of pyridine rings is 2. The van der Waals surface area contributed by atoms with Crippen molar-refractivity contribution < 1.29 is 0 Å². The Balaban J connectivity index is 1.68. The Kier molecular flexibility index (Phi) is 2.50. The fourth-order valence-corrected chi connectivity index (χ4v) is 3.19. The van der Waals surface area contributed by atoms with Gasteiger partial charge in [-0.2, -0.15) is 5.10 Å². The molecule has 1 aliphatic carbocycles. The van der Waals surface area contributed by atoms with Gasteiger partial charge in [0.1, 0.15) is 5.65 Å². The van der Waals surface area contributed by atoms with E-state index in [1.165, 1.54) is 29.5 Å². The number of nitrogens with one attached hydrogen (secondary N) is 1. The number of aromatic nitrogens is 4. The van der Waals surface area contributed by atoms with Crippen LogP contribution in [0.1, 0.15) is 30.0 Å². The summed E-state index contributed by atoms with van der Waals surface area (Å²) in [5.74, 6) is 0.671. The topological polar surface area (TPSA) is 46.0 Å². The number of hydrogen-bond donors (Lipinski definition) is 1. The third-order valence-corrected chi connectivity index (χ3v) is 4.64. The molecule has 4 heteroatoms. The lowest BCUT2D eigenvalue weighted by atomic mass is 10.1.